The van der Waals surface area contributed by atoms with Crippen LogP contribution in [-0.4, -0.2) is 40.5 Å². The van der Waals surface area contributed by atoms with Gasteiger partial charge >= 0.3 is 12.1 Å². The van der Waals surface area contributed by atoms with Gasteiger partial charge in [-0.25, -0.2) is 0 Å². The van der Waals surface area contributed by atoms with Crippen LogP contribution >= 0.6 is 0 Å². The number of nitrogens with zero attached hydrogens (tertiary/aromatic N) is 3. The Morgan fingerprint density at radius 2 is 1.94 bits per heavy atom. The first-order chi connectivity index (χ1) is 8.22. The second-order valence-corrected chi connectivity index (χ2v) is 4.05. The van der Waals surface area contributed by atoms with Gasteiger partial charge in [-0.2, -0.15) is 26.9 Å². The Labute approximate surface area is 98.2 Å². The van der Waals surface area contributed by atoms with E-state index in [1.165, 1.54) is 4.90 Å². The molecule has 3 N–H and O–H groups in total. The minimum absolute atomic E-state index is 0.157. The summed E-state index contributed by atoms with van der Waals surface area (Å²) in [5.74, 6) is -6.74. The Morgan fingerprint density at radius 1 is 1.28 bits per heavy atom. The highest BCUT2D eigenvalue weighted by Gasteiger charge is 2.61. The third-order valence-electron chi connectivity index (χ3n) is 2.63. The maximum Gasteiger partial charge on any atom is 0.461 e. The van der Waals surface area contributed by atoms with Crippen LogP contribution < -0.4 is 10.6 Å². The summed E-state index contributed by atoms with van der Waals surface area (Å²) < 4.78 is 62.2. The molecular formula is C8H10F5N5. The monoisotopic (exact) mass is 271 g/mol. The van der Waals surface area contributed by atoms with Crippen LogP contribution in [0.15, 0.2) is 0 Å². The maximum absolute atomic E-state index is 12.9. The SMILES string of the molecule is NC1CCN(c2n[nH]c(C(F)(F)C(F)(F)F)n2)C1. The molecule has 2 heterocycles. The minimum atomic E-state index is -5.70. The predicted molar refractivity (Wildman–Crippen MR) is 51.1 cm³/mol. The van der Waals surface area contributed by atoms with Crippen molar-refractivity contribution in [2.24, 2.45) is 5.73 Å². The molecule has 10 heteroatoms. The van der Waals surface area contributed by atoms with Crippen molar-refractivity contribution in [3.05, 3.63) is 5.82 Å². The minimum Gasteiger partial charge on any atom is -0.338 e. The number of halogens is 5. The summed E-state index contributed by atoms with van der Waals surface area (Å²) in [6, 6.07) is -0.157. The fourth-order valence-corrected chi connectivity index (χ4v) is 1.64. The average Bonchev–Trinajstić information content (AvgIpc) is 2.83. The zero-order valence-corrected chi connectivity index (χ0v) is 9.01. The second-order valence-electron chi connectivity index (χ2n) is 4.05. The molecule has 0 radical (unpaired) electrons. The Balaban J connectivity index is 2.21. The van der Waals surface area contributed by atoms with Gasteiger partial charge in [0.05, 0.1) is 0 Å². The lowest BCUT2D eigenvalue weighted by molar-refractivity contribution is -0.292. The quantitative estimate of drug-likeness (QED) is 0.787. The highest BCUT2D eigenvalue weighted by atomic mass is 19.4. The Morgan fingerprint density at radius 3 is 2.44 bits per heavy atom. The van der Waals surface area contributed by atoms with E-state index in [4.69, 9.17) is 5.73 Å². The van der Waals surface area contributed by atoms with Gasteiger partial charge in [-0.3, -0.25) is 5.10 Å². The molecule has 1 atom stereocenters. The largest absolute Gasteiger partial charge is 0.461 e. The summed E-state index contributed by atoms with van der Waals surface area (Å²) in [5, 5.41) is 5.00. The molecule has 102 valence electrons. The number of aromatic nitrogens is 3. The summed E-state index contributed by atoms with van der Waals surface area (Å²) >= 11 is 0. The van der Waals surface area contributed by atoms with Crippen molar-refractivity contribution in [2.45, 2.75) is 24.6 Å². The summed E-state index contributed by atoms with van der Waals surface area (Å²) in [5.41, 5.74) is 5.59. The third kappa shape index (κ3) is 2.11. The number of nitrogens with two attached hydrogens (primary N) is 1. The smallest absolute Gasteiger partial charge is 0.338 e. The van der Waals surface area contributed by atoms with Crippen LogP contribution in [0.5, 0.6) is 0 Å². The zero-order chi connectivity index (χ0) is 13.6. The van der Waals surface area contributed by atoms with Crippen LogP contribution in [0, 0.1) is 0 Å². The molecule has 0 amide bonds. The number of hydrogen-bond donors (Lipinski definition) is 2. The van der Waals surface area contributed by atoms with Crippen LogP contribution in [0.4, 0.5) is 27.9 Å². The molecular weight excluding hydrogens is 261 g/mol. The highest BCUT2D eigenvalue weighted by Crippen LogP contribution is 2.42. The van der Waals surface area contributed by atoms with E-state index < -0.39 is 17.9 Å². The first-order valence-corrected chi connectivity index (χ1v) is 5.10. The van der Waals surface area contributed by atoms with Gasteiger partial charge < -0.3 is 10.6 Å². The molecule has 0 aromatic carbocycles. The molecule has 0 spiro atoms. The third-order valence-corrected chi connectivity index (χ3v) is 2.63. The standard InChI is InChI=1S/C8H10F5N5/c9-7(10,8(11,12)13)5-15-6(17-16-5)18-2-1-4(14)3-18/h4H,1-3,14H2,(H,15,16,17). The van der Waals surface area contributed by atoms with E-state index in [0.717, 1.165) is 0 Å². The van der Waals surface area contributed by atoms with Gasteiger partial charge in [0.25, 0.3) is 0 Å². The molecule has 2 rings (SSSR count). The topological polar surface area (TPSA) is 70.8 Å². The van der Waals surface area contributed by atoms with Gasteiger partial charge in [0.1, 0.15) is 0 Å². The number of rotatable bonds is 2. The number of aromatic amines is 1. The van der Waals surface area contributed by atoms with Crippen LogP contribution in [-0.2, 0) is 5.92 Å². The van der Waals surface area contributed by atoms with Crippen molar-refractivity contribution < 1.29 is 22.0 Å². The van der Waals surface area contributed by atoms with E-state index in [2.05, 4.69) is 10.1 Å². The van der Waals surface area contributed by atoms with Gasteiger partial charge in [0, 0.05) is 19.1 Å². The predicted octanol–water partition coefficient (Wildman–Crippen LogP) is 0.996. The molecule has 1 aromatic rings. The van der Waals surface area contributed by atoms with Crippen molar-refractivity contribution in [1.29, 1.82) is 0 Å². The number of nitrogens with one attached hydrogen (secondary N) is 1. The molecule has 1 aromatic heterocycles. The molecule has 1 aliphatic rings. The van der Waals surface area contributed by atoms with Crippen LogP contribution in [0.3, 0.4) is 0 Å². The first-order valence-electron chi connectivity index (χ1n) is 5.10. The normalized spacial score (nSPS) is 21.7. The number of hydrogen-bond acceptors (Lipinski definition) is 4. The Hall–Kier alpha value is -1.45. The average molecular weight is 271 g/mol. The first kappa shape index (κ1) is 13.0. The van der Waals surface area contributed by atoms with Gasteiger partial charge in [0.15, 0.2) is 0 Å². The lowest BCUT2D eigenvalue weighted by Crippen LogP contribution is -2.35. The van der Waals surface area contributed by atoms with Gasteiger partial charge in [-0.1, -0.05) is 0 Å². The summed E-state index contributed by atoms with van der Waals surface area (Å²) in [7, 11) is 0. The van der Waals surface area contributed by atoms with Crippen LogP contribution in [0.25, 0.3) is 0 Å². The molecule has 0 aliphatic carbocycles. The molecule has 0 bridgehead atoms. The van der Waals surface area contributed by atoms with E-state index in [1.54, 1.807) is 5.10 Å². The van der Waals surface area contributed by atoms with Crippen molar-refractivity contribution >= 4 is 5.95 Å². The van der Waals surface area contributed by atoms with Crippen LogP contribution in [0.1, 0.15) is 12.2 Å². The molecule has 1 saturated heterocycles. The number of alkyl halides is 5. The van der Waals surface area contributed by atoms with Crippen molar-refractivity contribution in [3.63, 3.8) is 0 Å². The van der Waals surface area contributed by atoms with Crippen molar-refractivity contribution in [2.75, 3.05) is 18.0 Å². The molecule has 5 nitrogen and oxygen atoms in total. The lowest BCUT2D eigenvalue weighted by atomic mass is 10.3. The maximum atomic E-state index is 12.9. The fourth-order valence-electron chi connectivity index (χ4n) is 1.64. The van der Waals surface area contributed by atoms with Gasteiger partial charge in [-0.15, -0.1) is 5.10 Å². The van der Waals surface area contributed by atoms with Gasteiger partial charge in [0.2, 0.25) is 11.8 Å². The molecule has 0 saturated carbocycles. The van der Waals surface area contributed by atoms with E-state index >= 15 is 0 Å². The summed E-state index contributed by atoms with van der Waals surface area (Å²) in [4.78, 5) is 4.65. The van der Waals surface area contributed by atoms with Crippen molar-refractivity contribution in [3.8, 4) is 0 Å². The van der Waals surface area contributed by atoms with E-state index in [0.29, 0.717) is 19.5 Å². The summed E-state index contributed by atoms with van der Waals surface area (Å²) in [6.45, 7) is 0.755. The summed E-state index contributed by atoms with van der Waals surface area (Å²) in [6.07, 6.45) is -5.09. The number of anilines is 1. The highest BCUT2D eigenvalue weighted by molar-refractivity contribution is 5.32. The lowest BCUT2D eigenvalue weighted by Gasteiger charge is -2.16. The molecule has 1 fully saturated rings. The number of H-pyrrole nitrogens is 1. The molecule has 18 heavy (non-hydrogen) atoms. The van der Waals surface area contributed by atoms with E-state index in [9.17, 15) is 22.0 Å². The van der Waals surface area contributed by atoms with Crippen molar-refractivity contribution in [1.82, 2.24) is 15.2 Å². The Bertz CT molecular complexity index is 428. The second kappa shape index (κ2) is 4.04. The van der Waals surface area contributed by atoms with Crippen LogP contribution in [0.2, 0.25) is 0 Å². The zero-order valence-electron chi connectivity index (χ0n) is 9.01. The fraction of sp³-hybridized carbons (Fsp3) is 0.750. The molecule has 1 aliphatic heterocycles. The Kier molecular flexibility index (Phi) is 2.92. The molecule has 1 unspecified atom stereocenters. The van der Waals surface area contributed by atoms with Gasteiger partial charge in [-0.05, 0) is 6.42 Å². The van der Waals surface area contributed by atoms with E-state index in [-0.39, 0.29) is 12.0 Å². The van der Waals surface area contributed by atoms with E-state index in [1.807, 2.05) is 0 Å².